The molecule has 1 aromatic rings. The van der Waals surface area contributed by atoms with E-state index in [1.165, 1.54) is 12.0 Å². The minimum Gasteiger partial charge on any atom is -0.481 e. The van der Waals surface area contributed by atoms with Gasteiger partial charge < -0.3 is 5.11 Å². The van der Waals surface area contributed by atoms with Gasteiger partial charge in [-0.15, -0.1) is 0 Å². The largest absolute Gasteiger partial charge is 0.481 e. The van der Waals surface area contributed by atoms with E-state index in [1.807, 2.05) is 6.07 Å². The number of carboxylic acids is 1. The Morgan fingerprint density at radius 1 is 1.38 bits per heavy atom. The number of rotatable bonds is 4. The summed E-state index contributed by atoms with van der Waals surface area (Å²) in [6.07, 6.45) is 4.32. The van der Waals surface area contributed by atoms with E-state index in [2.05, 4.69) is 36.1 Å². The minimum absolute atomic E-state index is 0.0121. The number of likely N-dealkylation sites (tertiary alicyclic amines) is 1. The molecule has 1 aromatic carbocycles. The summed E-state index contributed by atoms with van der Waals surface area (Å²) in [5.41, 5.74) is 1.32. The van der Waals surface area contributed by atoms with Crippen LogP contribution in [0.5, 0.6) is 0 Å². The van der Waals surface area contributed by atoms with Crippen LogP contribution in [0.3, 0.4) is 0 Å². The van der Waals surface area contributed by atoms with Gasteiger partial charge in [0.05, 0.1) is 5.92 Å². The summed E-state index contributed by atoms with van der Waals surface area (Å²) in [4.78, 5) is 14.3. The van der Waals surface area contributed by atoms with Gasteiger partial charge in [0.15, 0.2) is 0 Å². The summed E-state index contributed by atoms with van der Waals surface area (Å²) in [6.45, 7) is 5.00. The Balaban J connectivity index is 1.81. The smallest absolute Gasteiger partial charge is 0.307 e. The molecule has 21 heavy (non-hydrogen) atoms. The molecule has 0 amide bonds. The Bertz CT molecular complexity index is 501. The molecule has 3 atom stereocenters. The van der Waals surface area contributed by atoms with Crippen molar-refractivity contribution < 1.29 is 9.90 Å². The van der Waals surface area contributed by atoms with E-state index in [0.29, 0.717) is 5.92 Å². The average molecular weight is 287 g/mol. The third kappa shape index (κ3) is 2.71. The second-order valence-corrected chi connectivity index (χ2v) is 6.84. The summed E-state index contributed by atoms with van der Waals surface area (Å²) in [6, 6.07) is 10.5. The molecule has 1 aliphatic heterocycles. The highest BCUT2D eigenvalue weighted by Gasteiger charge is 2.52. The van der Waals surface area contributed by atoms with Crippen LogP contribution in [-0.4, -0.2) is 29.1 Å². The number of piperidine rings is 1. The lowest BCUT2D eigenvalue weighted by molar-refractivity contribution is -0.160. The van der Waals surface area contributed by atoms with E-state index < -0.39 is 5.97 Å². The van der Waals surface area contributed by atoms with E-state index in [1.54, 1.807) is 0 Å². The Morgan fingerprint density at radius 2 is 2.14 bits per heavy atom. The molecule has 114 valence electrons. The van der Waals surface area contributed by atoms with Gasteiger partial charge in [0, 0.05) is 19.6 Å². The van der Waals surface area contributed by atoms with Gasteiger partial charge in [0.25, 0.3) is 0 Å². The van der Waals surface area contributed by atoms with Crippen LogP contribution in [0.15, 0.2) is 30.3 Å². The fourth-order valence-electron chi connectivity index (χ4n) is 4.69. The van der Waals surface area contributed by atoms with Crippen LogP contribution in [0.2, 0.25) is 0 Å². The maximum absolute atomic E-state index is 11.8. The van der Waals surface area contributed by atoms with Gasteiger partial charge in [-0.25, -0.2) is 0 Å². The maximum atomic E-state index is 11.8. The number of carbonyl (C=O) groups is 1. The lowest BCUT2D eigenvalue weighted by Gasteiger charge is -2.53. The summed E-state index contributed by atoms with van der Waals surface area (Å²) >= 11 is 0. The predicted molar refractivity (Wildman–Crippen MR) is 82.9 cm³/mol. The van der Waals surface area contributed by atoms with Crippen molar-refractivity contribution in [1.82, 2.24) is 4.90 Å². The molecule has 1 heterocycles. The molecule has 2 bridgehead atoms. The molecule has 1 saturated heterocycles. The molecular formula is C18H25NO2. The van der Waals surface area contributed by atoms with E-state index >= 15 is 0 Å². The SMILES string of the molecule is CCC12CCCC(CN(Cc3ccccc3)C1)C2C(=O)O. The van der Waals surface area contributed by atoms with Gasteiger partial charge in [-0.1, -0.05) is 43.7 Å². The molecule has 0 radical (unpaired) electrons. The van der Waals surface area contributed by atoms with Crippen LogP contribution in [0, 0.1) is 17.3 Å². The number of benzene rings is 1. The second-order valence-electron chi connectivity index (χ2n) is 6.84. The number of hydrogen-bond donors (Lipinski definition) is 1. The Kier molecular flexibility index (Phi) is 4.03. The van der Waals surface area contributed by atoms with Gasteiger partial charge >= 0.3 is 5.97 Å². The molecule has 1 saturated carbocycles. The zero-order chi connectivity index (χ0) is 14.9. The standard InChI is InChI=1S/C18H25NO2/c1-2-18-10-6-9-15(16(18)17(20)21)12-19(13-18)11-14-7-4-3-5-8-14/h3-5,7-8,15-16H,2,6,9-13H2,1H3,(H,20,21). The summed E-state index contributed by atoms with van der Waals surface area (Å²) < 4.78 is 0. The topological polar surface area (TPSA) is 40.5 Å². The molecular weight excluding hydrogens is 262 g/mol. The van der Waals surface area contributed by atoms with Crippen molar-refractivity contribution in [1.29, 1.82) is 0 Å². The number of aliphatic carboxylic acids is 1. The van der Waals surface area contributed by atoms with Crippen LogP contribution in [-0.2, 0) is 11.3 Å². The molecule has 1 N–H and O–H groups in total. The molecule has 3 rings (SSSR count). The first-order chi connectivity index (χ1) is 10.1. The first-order valence-electron chi connectivity index (χ1n) is 8.14. The summed E-state index contributed by atoms with van der Waals surface area (Å²) in [5, 5.41) is 9.70. The Labute approximate surface area is 127 Å². The van der Waals surface area contributed by atoms with Crippen molar-refractivity contribution in [3.63, 3.8) is 0 Å². The fourth-order valence-corrected chi connectivity index (χ4v) is 4.69. The van der Waals surface area contributed by atoms with Gasteiger partial charge in [0.2, 0.25) is 0 Å². The maximum Gasteiger partial charge on any atom is 0.307 e. The summed E-state index contributed by atoms with van der Waals surface area (Å²) in [7, 11) is 0. The van der Waals surface area contributed by atoms with Crippen LogP contribution in [0.4, 0.5) is 0 Å². The second kappa shape index (κ2) is 5.80. The zero-order valence-electron chi connectivity index (χ0n) is 12.8. The van der Waals surface area contributed by atoms with Crippen LogP contribution in [0.1, 0.15) is 38.2 Å². The van der Waals surface area contributed by atoms with Crippen molar-refractivity contribution in [2.45, 2.75) is 39.2 Å². The third-order valence-electron chi connectivity index (χ3n) is 5.63. The van der Waals surface area contributed by atoms with Crippen molar-refractivity contribution in [3.8, 4) is 0 Å². The number of fused-ring (bicyclic) bond motifs is 2. The van der Waals surface area contributed by atoms with Crippen LogP contribution in [0.25, 0.3) is 0 Å². The highest BCUT2D eigenvalue weighted by Crippen LogP contribution is 2.51. The van der Waals surface area contributed by atoms with Crippen molar-refractivity contribution >= 4 is 5.97 Å². The van der Waals surface area contributed by atoms with Gasteiger partial charge in [-0.2, -0.15) is 0 Å². The fraction of sp³-hybridized carbons (Fsp3) is 0.611. The number of carboxylic acid groups (broad SMARTS) is 1. The molecule has 3 heteroatoms. The van der Waals surface area contributed by atoms with Gasteiger partial charge in [0.1, 0.15) is 0 Å². The number of nitrogens with zero attached hydrogens (tertiary/aromatic N) is 1. The normalized spacial score (nSPS) is 32.8. The lowest BCUT2D eigenvalue weighted by Crippen LogP contribution is -2.57. The van der Waals surface area contributed by atoms with Crippen molar-refractivity contribution in [2.24, 2.45) is 17.3 Å². The first-order valence-corrected chi connectivity index (χ1v) is 8.14. The molecule has 0 spiro atoms. The minimum atomic E-state index is -0.569. The lowest BCUT2D eigenvalue weighted by atomic mass is 9.58. The van der Waals surface area contributed by atoms with E-state index in [0.717, 1.165) is 38.9 Å². The monoisotopic (exact) mass is 287 g/mol. The van der Waals surface area contributed by atoms with Gasteiger partial charge in [-0.05, 0) is 36.2 Å². The first kappa shape index (κ1) is 14.6. The van der Waals surface area contributed by atoms with E-state index in [-0.39, 0.29) is 11.3 Å². The highest BCUT2D eigenvalue weighted by atomic mass is 16.4. The van der Waals surface area contributed by atoms with E-state index in [4.69, 9.17) is 0 Å². The van der Waals surface area contributed by atoms with Crippen molar-refractivity contribution in [3.05, 3.63) is 35.9 Å². The molecule has 2 fully saturated rings. The van der Waals surface area contributed by atoms with Crippen molar-refractivity contribution in [2.75, 3.05) is 13.1 Å². The summed E-state index contributed by atoms with van der Waals surface area (Å²) in [5.74, 6) is -0.377. The number of hydrogen-bond acceptors (Lipinski definition) is 2. The molecule has 1 aliphatic carbocycles. The molecule has 2 aliphatic rings. The Hall–Kier alpha value is -1.35. The molecule has 0 aromatic heterocycles. The van der Waals surface area contributed by atoms with Gasteiger partial charge in [-0.3, -0.25) is 9.69 Å². The Morgan fingerprint density at radius 3 is 2.81 bits per heavy atom. The average Bonchev–Trinajstić information content (AvgIpc) is 2.47. The highest BCUT2D eigenvalue weighted by molar-refractivity contribution is 5.72. The van der Waals surface area contributed by atoms with E-state index in [9.17, 15) is 9.90 Å². The predicted octanol–water partition coefficient (Wildman–Crippen LogP) is 3.40. The van der Waals surface area contributed by atoms with Crippen LogP contribution < -0.4 is 0 Å². The quantitative estimate of drug-likeness (QED) is 0.922. The third-order valence-corrected chi connectivity index (χ3v) is 5.63. The zero-order valence-corrected chi connectivity index (χ0v) is 12.8. The van der Waals surface area contributed by atoms with Crippen LogP contribution >= 0.6 is 0 Å². The molecule has 3 nitrogen and oxygen atoms in total. The molecule has 3 unspecified atom stereocenters.